The van der Waals surface area contributed by atoms with E-state index >= 15 is 0 Å². The van der Waals surface area contributed by atoms with Gasteiger partial charge in [-0.25, -0.2) is 0 Å². The Morgan fingerprint density at radius 2 is 1.50 bits per heavy atom. The predicted molar refractivity (Wildman–Crippen MR) is 78.5 cm³/mol. The molecule has 18 heavy (non-hydrogen) atoms. The van der Waals surface area contributed by atoms with Gasteiger partial charge in [-0.2, -0.15) is 0 Å². The highest BCUT2D eigenvalue weighted by atomic mass is 14.5. The Balaban J connectivity index is 2.41. The molecule has 0 aromatic heterocycles. The van der Waals surface area contributed by atoms with Crippen LogP contribution in [0.3, 0.4) is 0 Å². The van der Waals surface area contributed by atoms with E-state index in [0.717, 1.165) is 0 Å². The predicted octanol–water partition coefficient (Wildman–Crippen LogP) is 4.11. The molecule has 2 N–H and O–H groups in total. The van der Waals surface area contributed by atoms with Crippen molar-refractivity contribution in [3.63, 3.8) is 0 Å². The number of nitrogens with two attached hydrogens (primary N) is 1. The summed E-state index contributed by atoms with van der Waals surface area (Å²) in [6.07, 6.45) is 0. The molecule has 2 aromatic rings. The summed E-state index contributed by atoms with van der Waals surface area (Å²) in [6.45, 7) is 7.28. The van der Waals surface area contributed by atoms with Crippen LogP contribution in [-0.4, -0.2) is 0 Å². The zero-order valence-corrected chi connectivity index (χ0v) is 11.4. The first-order valence-corrected chi connectivity index (χ1v) is 6.41. The van der Waals surface area contributed by atoms with Crippen LogP contribution < -0.4 is 5.73 Å². The van der Waals surface area contributed by atoms with Crippen LogP contribution in [-0.2, 0) is 12.0 Å². The first-order valence-electron chi connectivity index (χ1n) is 6.41. The van der Waals surface area contributed by atoms with E-state index in [1.54, 1.807) is 0 Å². The maximum Gasteiger partial charge on any atom is 0.0184 e. The lowest BCUT2D eigenvalue weighted by molar-refractivity contribution is 0.590. The van der Waals surface area contributed by atoms with Gasteiger partial charge in [-0.05, 0) is 27.7 Å². The molecule has 94 valence electrons. The molecular weight excluding hydrogens is 218 g/mol. The van der Waals surface area contributed by atoms with Crippen molar-refractivity contribution in [2.24, 2.45) is 5.73 Å². The highest BCUT2D eigenvalue weighted by Crippen LogP contribution is 2.27. The van der Waals surface area contributed by atoms with Gasteiger partial charge in [0.25, 0.3) is 0 Å². The standard InChI is InChI=1S/C17H21N/c1-17(2,3)15-10-8-13(9-11-15)16-7-5-4-6-14(16)12-18/h4-11H,12,18H2,1-3H3. The number of hydrogen-bond donors (Lipinski definition) is 1. The Morgan fingerprint density at radius 1 is 0.889 bits per heavy atom. The molecule has 0 atom stereocenters. The minimum Gasteiger partial charge on any atom is -0.326 e. The molecule has 1 nitrogen and oxygen atoms in total. The molecule has 0 amide bonds. The quantitative estimate of drug-likeness (QED) is 0.838. The highest BCUT2D eigenvalue weighted by molar-refractivity contribution is 5.67. The monoisotopic (exact) mass is 239 g/mol. The Morgan fingerprint density at radius 3 is 2.06 bits per heavy atom. The lowest BCUT2D eigenvalue weighted by Gasteiger charge is -2.19. The molecule has 0 aliphatic rings. The highest BCUT2D eigenvalue weighted by Gasteiger charge is 2.13. The summed E-state index contributed by atoms with van der Waals surface area (Å²) in [5, 5.41) is 0. The lowest BCUT2D eigenvalue weighted by atomic mass is 9.86. The van der Waals surface area contributed by atoms with Gasteiger partial charge in [0.1, 0.15) is 0 Å². The van der Waals surface area contributed by atoms with Gasteiger partial charge in [-0.15, -0.1) is 0 Å². The molecule has 0 heterocycles. The van der Waals surface area contributed by atoms with Gasteiger partial charge < -0.3 is 5.73 Å². The van der Waals surface area contributed by atoms with Crippen LogP contribution in [0.25, 0.3) is 11.1 Å². The van der Waals surface area contributed by atoms with Crippen LogP contribution in [0.15, 0.2) is 48.5 Å². The fraction of sp³-hybridized carbons (Fsp3) is 0.294. The Labute approximate surface area is 110 Å². The summed E-state index contributed by atoms with van der Waals surface area (Å²) in [7, 11) is 0. The van der Waals surface area contributed by atoms with E-state index < -0.39 is 0 Å². The summed E-state index contributed by atoms with van der Waals surface area (Å²) < 4.78 is 0. The van der Waals surface area contributed by atoms with Gasteiger partial charge in [-0.1, -0.05) is 69.3 Å². The molecule has 0 bridgehead atoms. The smallest absolute Gasteiger partial charge is 0.0184 e. The molecule has 0 fully saturated rings. The molecule has 2 rings (SSSR count). The van der Waals surface area contributed by atoms with Crippen molar-refractivity contribution in [3.8, 4) is 11.1 Å². The van der Waals surface area contributed by atoms with Crippen molar-refractivity contribution in [2.45, 2.75) is 32.7 Å². The molecule has 0 aliphatic carbocycles. The minimum atomic E-state index is 0.200. The Bertz CT molecular complexity index is 518. The summed E-state index contributed by atoms with van der Waals surface area (Å²) in [5.74, 6) is 0. The average Bonchev–Trinajstić information content (AvgIpc) is 2.38. The third-order valence-corrected chi connectivity index (χ3v) is 3.30. The van der Waals surface area contributed by atoms with E-state index in [1.807, 2.05) is 6.07 Å². The summed E-state index contributed by atoms with van der Waals surface area (Å²) in [5.41, 5.74) is 11.0. The van der Waals surface area contributed by atoms with E-state index in [9.17, 15) is 0 Å². The zero-order chi connectivity index (χ0) is 13.2. The van der Waals surface area contributed by atoms with Crippen LogP contribution in [0.5, 0.6) is 0 Å². The number of benzene rings is 2. The van der Waals surface area contributed by atoms with Crippen LogP contribution in [0.2, 0.25) is 0 Å². The topological polar surface area (TPSA) is 26.0 Å². The van der Waals surface area contributed by atoms with E-state index in [2.05, 4.69) is 63.2 Å². The van der Waals surface area contributed by atoms with Crippen LogP contribution in [0.1, 0.15) is 31.9 Å². The van der Waals surface area contributed by atoms with Gasteiger partial charge in [0, 0.05) is 6.54 Å². The van der Waals surface area contributed by atoms with Crippen molar-refractivity contribution in [2.75, 3.05) is 0 Å². The third kappa shape index (κ3) is 2.62. The summed E-state index contributed by atoms with van der Waals surface area (Å²) in [6, 6.07) is 17.1. The maximum absolute atomic E-state index is 5.79. The van der Waals surface area contributed by atoms with E-state index in [1.165, 1.54) is 22.3 Å². The second kappa shape index (κ2) is 4.95. The second-order valence-electron chi connectivity index (χ2n) is 5.69. The van der Waals surface area contributed by atoms with Crippen molar-refractivity contribution < 1.29 is 0 Å². The van der Waals surface area contributed by atoms with Crippen LogP contribution in [0, 0.1) is 0 Å². The number of rotatable bonds is 2. The zero-order valence-electron chi connectivity index (χ0n) is 11.4. The third-order valence-electron chi connectivity index (χ3n) is 3.30. The van der Waals surface area contributed by atoms with Gasteiger partial charge >= 0.3 is 0 Å². The second-order valence-corrected chi connectivity index (χ2v) is 5.69. The summed E-state index contributed by atoms with van der Waals surface area (Å²) in [4.78, 5) is 0. The lowest BCUT2D eigenvalue weighted by Crippen LogP contribution is -2.10. The first kappa shape index (κ1) is 12.8. The SMILES string of the molecule is CC(C)(C)c1ccc(-c2ccccc2CN)cc1. The maximum atomic E-state index is 5.79. The first-order chi connectivity index (χ1) is 8.52. The summed E-state index contributed by atoms with van der Waals surface area (Å²) >= 11 is 0. The van der Waals surface area contributed by atoms with Crippen molar-refractivity contribution in [3.05, 3.63) is 59.7 Å². The van der Waals surface area contributed by atoms with Gasteiger partial charge in [0.15, 0.2) is 0 Å². The molecule has 1 heteroatoms. The van der Waals surface area contributed by atoms with E-state index in [4.69, 9.17) is 5.73 Å². The molecule has 2 aromatic carbocycles. The average molecular weight is 239 g/mol. The molecule has 0 saturated carbocycles. The van der Waals surface area contributed by atoms with E-state index in [-0.39, 0.29) is 5.41 Å². The van der Waals surface area contributed by atoms with E-state index in [0.29, 0.717) is 6.54 Å². The molecule has 0 aliphatic heterocycles. The molecule has 0 unspecified atom stereocenters. The van der Waals surface area contributed by atoms with Crippen molar-refractivity contribution in [1.29, 1.82) is 0 Å². The van der Waals surface area contributed by atoms with Crippen LogP contribution in [0.4, 0.5) is 0 Å². The largest absolute Gasteiger partial charge is 0.326 e. The molecular formula is C17H21N. The fourth-order valence-electron chi connectivity index (χ4n) is 2.13. The van der Waals surface area contributed by atoms with Gasteiger partial charge in [-0.3, -0.25) is 0 Å². The molecule has 0 spiro atoms. The number of hydrogen-bond acceptors (Lipinski definition) is 1. The Kier molecular flexibility index (Phi) is 3.53. The van der Waals surface area contributed by atoms with Gasteiger partial charge in [0.05, 0.1) is 0 Å². The normalized spacial score (nSPS) is 11.6. The molecule has 0 saturated heterocycles. The fourth-order valence-corrected chi connectivity index (χ4v) is 2.13. The Hall–Kier alpha value is -1.60. The van der Waals surface area contributed by atoms with Crippen molar-refractivity contribution in [1.82, 2.24) is 0 Å². The van der Waals surface area contributed by atoms with Gasteiger partial charge in [0.2, 0.25) is 0 Å². The van der Waals surface area contributed by atoms with Crippen LogP contribution >= 0.6 is 0 Å². The minimum absolute atomic E-state index is 0.200. The molecule has 0 radical (unpaired) electrons. The van der Waals surface area contributed by atoms with Crippen molar-refractivity contribution >= 4 is 0 Å².